The van der Waals surface area contributed by atoms with Crippen molar-refractivity contribution in [2.45, 2.75) is 63.5 Å². The number of likely N-dealkylation sites (tertiary alicyclic amines) is 1. The number of nitrogens with zero attached hydrogens (tertiary/aromatic N) is 4. The van der Waals surface area contributed by atoms with Crippen molar-refractivity contribution in [1.29, 1.82) is 0 Å². The molecule has 1 spiro atoms. The molecule has 0 radical (unpaired) electrons. The predicted molar refractivity (Wildman–Crippen MR) is 156 cm³/mol. The Morgan fingerprint density at radius 3 is 2.49 bits per heavy atom. The Bertz CT molecular complexity index is 1270. The van der Waals surface area contributed by atoms with Crippen molar-refractivity contribution < 1.29 is 19.2 Å². The van der Waals surface area contributed by atoms with Crippen LogP contribution >= 0.6 is 11.3 Å². The highest BCUT2D eigenvalue weighted by molar-refractivity contribution is 7.11. The Morgan fingerprint density at radius 1 is 1.07 bits per heavy atom. The van der Waals surface area contributed by atoms with Crippen LogP contribution in [0.2, 0.25) is 0 Å². The first-order chi connectivity index (χ1) is 19.7. The zero-order valence-corrected chi connectivity index (χ0v) is 24.8. The van der Waals surface area contributed by atoms with Crippen LogP contribution in [-0.4, -0.2) is 95.2 Å². The van der Waals surface area contributed by atoms with Gasteiger partial charge in [0, 0.05) is 43.5 Å². The third-order valence-corrected chi connectivity index (χ3v) is 9.79. The number of thiazole rings is 1. The van der Waals surface area contributed by atoms with Gasteiger partial charge in [-0.05, 0) is 45.2 Å². The fourth-order valence-electron chi connectivity index (χ4n) is 5.97. The van der Waals surface area contributed by atoms with Crippen LogP contribution in [0.1, 0.15) is 59.2 Å². The topological polar surface area (TPSA) is 115 Å². The Labute approximate surface area is 245 Å². The summed E-state index contributed by atoms with van der Waals surface area (Å²) < 4.78 is 0. The van der Waals surface area contributed by atoms with Crippen LogP contribution in [0.25, 0.3) is 0 Å². The molecule has 5 heterocycles. The highest BCUT2D eigenvalue weighted by Gasteiger charge is 2.40. The number of hydrogen-bond donors (Lipinski definition) is 2. The number of carbonyl (C=O) groups excluding carboxylic acids is 4. The van der Waals surface area contributed by atoms with Gasteiger partial charge in [0.05, 0.1) is 29.1 Å². The summed E-state index contributed by atoms with van der Waals surface area (Å²) in [5.41, 5.74) is 0.999. The van der Waals surface area contributed by atoms with E-state index >= 15 is 0 Å². The Balaban J connectivity index is 1.38. The predicted octanol–water partition coefficient (Wildman–Crippen LogP) is 1.83. The molecule has 4 aliphatic heterocycles. The van der Waals surface area contributed by atoms with Gasteiger partial charge in [0.25, 0.3) is 0 Å². The van der Waals surface area contributed by atoms with Crippen molar-refractivity contribution in [1.82, 2.24) is 30.3 Å². The van der Waals surface area contributed by atoms with Crippen LogP contribution in [0, 0.1) is 6.92 Å². The summed E-state index contributed by atoms with van der Waals surface area (Å²) in [5.74, 6) is -0.676. The van der Waals surface area contributed by atoms with Crippen LogP contribution < -0.4 is 10.6 Å². The van der Waals surface area contributed by atoms with Crippen molar-refractivity contribution in [3.05, 3.63) is 51.5 Å². The highest BCUT2D eigenvalue weighted by Crippen LogP contribution is 2.33. The summed E-state index contributed by atoms with van der Waals surface area (Å²) >= 11 is 1.64. The van der Waals surface area contributed by atoms with Crippen LogP contribution in [0.5, 0.6) is 0 Å². The molecule has 2 fully saturated rings. The summed E-state index contributed by atoms with van der Waals surface area (Å²) in [6.45, 7) is 4.61. The molecule has 10 nitrogen and oxygen atoms in total. The molecule has 1 aromatic carbocycles. The largest absolute Gasteiger partial charge is 0.350 e. The summed E-state index contributed by atoms with van der Waals surface area (Å²) in [5, 5.41) is 7.13. The zero-order chi connectivity index (χ0) is 29.0. The molecule has 0 aliphatic carbocycles. The lowest BCUT2D eigenvalue weighted by atomic mass is 9.83. The maximum Gasteiger partial charge on any atom is 0.242 e. The lowest BCUT2D eigenvalue weighted by Gasteiger charge is -2.42. The zero-order valence-electron chi connectivity index (χ0n) is 24.0. The van der Waals surface area contributed by atoms with Crippen LogP contribution in [-0.2, 0) is 32.1 Å². The second-order valence-electron chi connectivity index (χ2n) is 11.7. The molecule has 0 saturated carbocycles. The number of hydrogen-bond acceptors (Lipinski definition) is 7. The number of rotatable bonds is 4. The molecule has 4 amide bonds. The van der Waals surface area contributed by atoms with Crippen LogP contribution in [0.15, 0.2) is 30.3 Å². The molecular formula is C30H40N6O4S. The number of fused-ring (bicyclic) bond motifs is 8. The smallest absolute Gasteiger partial charge is 0.242 e. The van der Waals surface area contributed by atoms with E-state index in [0.717, 1.165) is 47.1 Å². The van der Waals surface area contributed by atoms with E-state index in [4.69, 9.17) is 4.98 Å². The molecule has 1 aromatic heterocycles. The Hall–Kier alpha value is -3.31. The number of nitrogens with one attached hydrogen (secondary N) is 2. The summed E-state index contributed by atoms with van der Waals surface area (Å²) in [7, 11) is 2.03. The van der Waals surface area contributed by atoms with E-state index in [-0.39, 0.29) is 55.5 Å². The first-order valence-electron chi connectivity index (χ1n) is 14.5. The van der Waals surface area contributed by atoms with Gasteiger partial charge in [-0.2, -0.15) is 0 Å². The summed E-state index contributed by atoms with van der Waals surface area (Å²) in [6.07, 6.45) is 3.00. The molecule has 2 saturated heterocycles. The van der Waals surface area contributed by atoms with E-state index in [1.54, 1.807) is 16.2 Å². The summed E-state index contributed by atoms with van der Waals surface area (Å²) in [4.78, 5) is 65.0. The van der Waals surface area contributed by atoms with E-state index in [9.17, 15) is 19.2 Å². The van der Waals surface area contributed by atoms with Crippen molar-refractivity contribution in [2.75, 3.05) is 46.3 Å². The molecule has 6 rings (SSSR count). The molecule has 0 unspecified atom stereocenters. The lowest BCUT2D eigenvalue weighted by molar-refractivity contribution is -0.144. The van der Waals surface area contributed by atoms with Gasteiger partial charge in [-0.3, -0.25) is 19.2 Å². The molecule has 0 atom stereocenters. The average molecular weight is 581 g/mol. The molecule has 4 aliphatic rings. The minimum absolute atomic E-state index is 0.0369. The molecule has 11 heteroatoms. The van der Waals surface area contributed by atoms with Crippen LogP contribution in [0.4, 0.5) is 0 Å². The van der Waals surface area contributed by atoms with E-state index in [1.165, 1.54) is 4.90 Å². The molecule has 2 N–H and O–H groups in total. The number of amides is 4. The van der Waals surface area contributed by atoms with E-state index in [2.05, 4.69) is 15.5 Å². The third-order valence-electron chi connectivity index (χ3n) is 8.62. The number of piperidine rings is 2. The van der Waals surface area contributed by atoms with E-state index < -0.39 is 5.54 Å². The molecular weight excluding hydrogens is 540 g/mol. The average Bonchev–Trinajstić information content (AvgIpc) is 3.32. The quantitative estimate of drug-likeness (QED) is 0.571. The molecule has 2 aromatic rings. The van der Waals surface area contributed by atoms with Gasteiger partial charge in [0.15, 0.2) is 0 Å². The third kappa shape index (κ3) is 7.32. The fraction of sp³-hybridized carbons (Fsp3) is 0.567. The van der Waals surface area contributed by atoms with E-state index in [0.29, 0.717) is 32.5 Å². The number of aromatic nitrogens is 1. The maximum atomic E-state index is 13.9. The second kappa shape index (κ2) is 12.7. The van der Waals surface area contributed by atoms with Crippen molar-refractivity contribution in [3.63, 3.8) is 0 Å². The van der Waals surface area contributed by atoms with Gasteiger partial charge in [-0.1, -0.05) is 30.3 Å². The van der Waals surface area contributed by atoms with Crippen molar-refractivity contribution in [2.24, 2.45) is 0 Å². The van der Waals surface area contributed by atoms with Crippen molar-refractivity contribution >= 4 is 35.0 Å². The maximum absolute atomic E-state index is 13.9. The standard InChI is InChI=1S/C30H40N6O4S/c1-21-24-16-25(37)33-30(10-14-34(2)15-11-30)17-27(39)36(19-26(38)31-18-22-6-4-3-5-7-22)20-28(40)35-12-8-23(9-13-35)29(32-24)41-21/h3-7,23H,8-20H2,1-2H3,(H,31,38)(H,33,37). The number of benzene rings is 1. The van der Waals surface area contributed by atoms with E-state index in [1.807, 2.05) is 44.3 Å². The Kier molecular flexibility index (Phi) is 9.03. The van der Waals surface area contributed by atoms with Gasteiger partial charge in [-0.25, -0.2) is 4.98 Å². The van der Waals surface area contributed by atoms with Crippen molar-refractivity contribution in [3.8, 4) is 0 Å². The second-order valence-corrected chi connectivity index (χ2v) is 12.9. The summed E-state index contributed by atoms with van der Waals surface area (Å²) in [6, 6.07) is 9.57. The molecule has 220 valence electrons. The molecule has 4 bridgehead atoms. The Morgan fingerprint density at radius 2 is 1.78 bits per heavy atom. The lowest BCUT2D eigenvalue weighted by Crippen LogP contribution is -2.58. The van der Waals surface area contributed by atoms with Gasteiger partial charge < -0.3 is 25.3 Å². The normalized spacial score (nSPS) is 20.9. The van der Waals surface area contributed by atoms with Crippen LogP contribution in [0.3, 0.4) is 0 Å². The number of carbonyl (C=O) groups is 4. The monoisotopic (exact) mass is 580 g/mol. The minimum Gasteiger partial charge on any atom is -0.350 e. The SMILES string of the molecule is Cc1sc2nc1CC(=O)NC1(CCN(C)CC1)CC(=O)N(CC(=O)NCc1ccccc1)CC(=O)N1CCC2CC1. The first kappa shape index (κ1) is 29.2. The van der Waals surface area contributed by atoms with Gasteiger partial charge in [0.2, 0.25) is 23.6 Å². The van der Waals surface area contributed by atoms with Gasteiger partial charge in [-0.15, -0.1) is 11.3 Å². The number of aryl methyl sites for hydroxylation is 1. The van der Waals surface area contributed by atoms with Gasteiger partial charge in [0.1, 0.15) is 13.1 Å². The fourth-order valence-corrected chi connectivity index (χ4v) is 7.08. The molecule has 41 heavy (non-hydrogen) atoms. The van der Waals surface area contributed by atoms with Gasteiger partial charge >= 0.3 is 0 Å². The highest BCUT2D eigenvalue weighted by atomic mass is 32.1. The minimum atomic E-state index is -0.744. The first-order valence-corrected chi connectivity index (χ1v) is 15.3.